The maximum absolute atomic E-state index is 13.4. The highest BCUT2D eigenvalue weighted by Gasteiger charge is 2.32. The van der Waals surface area contributed by atoms with Crippen molar-refractivity contribution >= 4 is 17.8 Å². The molecule has 2 atom stereocenters. The van der Waals surface area contributed by atoms with Gasteiger partial charge in [-0.15, -0.1) is 0 Å². The zero-order valence-electron chi connectivity index (χ0n) is 19.4. The van der Waals surface area contributed by atoms with Crippen LogP contribution in [0.4, 0.5) is 0 Å². The largest absolute Gasteiger partial charge is 0.457 e. The minimum absolute atomic E-state index is 0.0394. The summed E-state index contributed by atoms with van der Waals surface area (Å²) in [4.78, 5) is 40.5. The van der Waals surface area contributed by atoms with Gasteiger partial charge in [-0.05, 0) is 69.2 Å². The van der Waals surface area contributed by atoms with E-state index in [9.17, 15) is 14.4 Å². The van der Waals surface area contributed by atoms with Crippen LogP contribution in [0.2, 0.25) is 0 Å². The van der Waals surface area contributed by atoms with Crippen LogP contribution >= 0.6 is 0 Å². The van der Waals surface area contributed by atoms with Crippen LogP contribution in [0.1, 0.15) is 100 Å². The number of amides is 2. The molecule has 1 fully saturated rings. The Morgan fingerprint density at radius 1 is 1.18 bits per heavy atom. The van der Waals surface area contributed by atoms with Crippen LogP contribution in [0, 0.1) is 0 Å². The number of carbonyl (C=O) groups excluding carboxylic acids is 3. The van der Waals surface area contributed by atoms with Crippen molar-refractivity contribution in [3.05, 3.63) is 57.9 Å². The van der Waals surface area contributed by atoms with E-state index in [-0.39, 0.29) is 36.5 Å². The highest BCUT2D eigenvalue weighted by atomic mass is 16.5. The molecule has 0 saturated carbocycles. The first-order valence-electron chi connectivity index (χ1n) is 12.1. The molecule has 174 valence electrons. The molecule has 0 unspecified atom stereocenters. The Morgan fingerprint density at radius 2 is 2.03 bits per heavy atom. The number of hydrogen-bond acceptors (Lipinski definition) is 4. The van der Waals surface area contributed by atoms with Gasteiger partial charge in [0.2, 0.25) is 0 Å². The van der Waals surface area contributed by atoms with Crippen molar-refractivity contribution in [2.45, 2.75) is 77.6 Å². The van der Waals surface area contributed by atoms with Gasteiger partial charge in [0.25, 0.3) is 11.8 Å². The van der Waals surface area contributed by atoms with Gasteiger partial charge in [0.15, 0.2) is 0 Å². The molecule has 0 radical (unpaired) electrons. The van der Waals surface area contributed by atoms with Crippen LogP contribution in [-0.2, 0) is 24.3 Å². The Kier molecular flexibility index (Phi) is 5.72. The van der Waals surface area contributed by atoms with Crippen molar-refractivity contribution < 1.29 is 19.1 Å². The van der Waals surface area contributed by atoms with E-state index in [0.717, 1.165) is 62.0 Å². The number of benzene rings is 1. The SMILES string of the molecule is CC[C@@H](NC(=O)c1cc(C(=O)N2CCC[C@@H]2C)n2c1CCCC2)c1ccc2c(c1)COC2=O. The fourth-order valence-electron chi connectivity index (χ4n) is 5.46. The van der Waals surface area contributed by atoms with Gasteiger partial charge >= 0.3 is 5.97 Å². The van der Waals surface area contributed by atoms with E-state index in [1.807, 2.05) is 30.0 Å². The first-order valence-corrected chi connectivity index (χ1v) is 12.1. The number of cyclic esters (lactones) is 1. The minimum atomic E-state index is -0.293. The third-order valence-corrected chi connectivity index (χ3v) is 7.36. The number of carbonyl (C=O) groups is 3. The molecule has 3 aliphatic heterocycles. The van der Waals surface area contributed by atoms with Crippen molar-refractivity contribution in [2.24, 2.45) is 0 Å². The molecule has 1 saturated heterocycles. The molecule has 7 heteroatoms. The molecular weight excluding hydrogens is 418 g/mol. The average molecular weight is 450 g/mol. The lowest BCUT2D eigenvalue weighted by Gasteiger charge is -2.24. The molecule has 1 aromatic carbocycles. The number of esters is 1. The van der Waals surface area contributed by atoms with E-state index in [4.69, 9.17) is 4.74 Å². The number of rotatable bonds is 5. The first kappa shape index (κ1) is 21.7. The van der Waals surface area contributed by atoms with E-state index in [0.29, 0.717) is 23.2 Å². The molecule has 7 nitrogen and oxygen atoms in total. The molecule has 0 aliphatic carbocycles. The lowest BCUT2D eigenvalue weighted by Crippen LogP contribution is -2.35. The molecule has 2 amide bonds. The highest BCUT2D eigenvalue weighted by Crippen LogP contribution is 2.29. The second kappa shape index (κ2) is 8.69. The average Bonchev–Trinajstić information content (AvgIpc) is 3.53. The van der Waals surface area contributed by atoms with Gasteiger partial charge < -0.3 is 19.5 Å². The Morgan fingerprint density at radius 3 is 2.79 bits per heavy atom. The lowest BCUT2D eigenvalue weighted by atomic mass is 9.98. The van der Waals surface area contributed by atoms with Crippen LogP contribution in [-0.4, -0.2) is 39.8 Å². The monoisotopic (exact) mass is 449 g/mol. The lowest BCUT2D eigenvalue weighted by molar-refractivity contribution is 0.0534. The molecular formula is C26H31N3O4. The van der Waals surface area contributed by atoms with Gasteiger partial charge in [0, 0.05) is 30.4 Å². The Bertz CT molecular complexity index is 1120. The van der Waals surface area contributed by atoms with Gasteiger partial charge in [0.1, 0.15) is 12.3 Å². The normalized spacial score (nSPS) is 20.2. The predicted octanol–water partition coefficient (Wildman–Crippen LogP) is 4.00. The van der Waals surface area contributed by atoms with Gasteiger partial charge in [0.05, 0.1) is 17.2 Å². The van der Waals surface area contributed by atoms with Crippen LogP contribution < -0.4 is 5.32 Å². The maximum atomic E-state index is 13.4. The van der Waals surface area contributed by atoms with Gasteiger partial charge in [-0.25, -0.2) is 4.79 Å². The second-order valence-electron chi connectivity index (χ2n) is 9.42. The summed E-state index contributed by atoms with van der Waals surface area (Å²) >= 11 is 0. The van der Waals surface area contributed by atoms with Crippen molar-refractivity contribution in [2.75, 3.05) is 6.54 Å². The number of aromatic nitrogens is 1. The third kappa shape index (κ3) is 3.83. The van der Waals surface area contributed by atoms with E-state index in [1.54, 1.807) is 6.07 Å². The standard InChI is InChI=1S/C26H31N3O4/c1-3-21(17-9-10-19-18(13-17)15-33-26(19)32)27-24(30)20-14-23(29-11-5-4-8-22(20)29)25(31)28-12-6-7-16(28)2/h9-10,13-14,16,21H,3-8,11-12,15H2,1-2H3,(H,27,30)/t16-,21+/m0/s1. The molecule has 0 bridgehead atoms. The zero-order chi connectivity index (χ0) is 23.1. The van der Waals surface area contributed by atoms with Crippen molar-refractivity contribution in [1.82, 2.24) is 14.8 Å². The summed E-state index contributed by atoms with van der Waals surface area (Å²) in [6, 6.07) is 7.49. The van der Waals surface area contributed by atoms with Crippen LogP contribution in [0.15, 0.2) is 24.3 Å². The molecule has 0 spiro atoms. The summed E-state index contributed by atoms with van der Waals surface area (Å²) in [6.45, 7) is 5.96. The summed E-state index contributed by atoms with van der Waals surface area (Å²) in [6.07, 6.45) is 5.62. The van der Waals surface area contributed by atoms with Crippen LogP contribution in [0.25, 0.3) is 0 Å². The molecule has 3 aliphatic rings. The smallest absolute Gasteiger partial charge is 0.338 e. The Balaban J connectivity index is 1.42. The number of hydrogen-bond donors (Lipinski definition) is 1. The molecule has 5 rings (SSSR count). The third-order valence-electron chi connectivity index (χ3n) is 7.36. The fraction of sp³-hybridized carbons (Fsp3) is 0.500. The topological polar surface area (TPSA) is 80.6 Å². The summed E-state index contributed by atoms with van der Waals surface area (Å²) in [7, 11) is 0. The molecule has 1 N–H and O–H groups in total. The highest BCUT2D eigenvalue weighted by molar-refractivity contribution is 6.01. The van der Waals surface area contributed by atoms with Crippen molar-refractivity contribution in [3.63, 3.8) is 0 Å². The zero-order valence-corrected chi connectivity index (χ0v) is 19.4. The van der Waals surface area contributed by atoms with E-state index >= 15 is 0 Å². The molecule has 2 aromatic rings. The van der Waals surface area contributed by atoms with Crippen molar-refractivity contribution in [1.29, 1.82) is 0 Å². The number of ether oxygens (including phenoxy) is 1. The van der Waals surface area contributed by atoms with E-state index in [2.05, 4.69) is 16.8 Å². The van der Waals surface area contributed by atoms with Gasteiger partial charge in [-0.3, -0.25) is 9.59 Å². The summed E-state index contributed by atoms with van der Waals surface area (Å²) in [5.41, 5.74) is 4.64. The Hall–Kier alpha value is -3.09. The first-order chi connectivity index (χ1) is 16.0. The van der Waals surface area contributed by atoms with E-state index in [1.165, 1.54) is 0 Å². The number of fused-ring (bicyclic) bond motifs is 2. The summed E-state index contributed by atoms with van der Waals surface area (Å²) in [5, 5.41) is 3.18. The van der Waals surface area contributed by atoms with Crippen LogP contribution in [0.3, 0.4) is 0 Å². The second-order valence-corrected chi connectivity index (χ2v) is 9.42. The quantitative estimate of drug-likeness (QED) is 0.700. The number of likely N-dealkylation sites (tertiary alicyclic amines) is 1. The van der Waals surface area contributed by atoms with Gasteiger partial charge in [-0.2, -0.15) is 0 Å². The number of nitrogens with zero attached hydrogens (tertiary/aromatic N) is 2. The van der Waals surface area contributed by atoms with Gasteiger partial charge in [-0.1, -0.05) is 13.0 Å². The summed E-state index contributed by atoms with van der Waals surface area (Å²) < 4.78 is 7.19. The molecule has 4 heterocycles. The van der Waals surface area contributed by atoms with Crippen LogP contribution in [0.5, 0.6) is 0 Å². The van der Waals surface area contributed by atoms with E-state index < -0.39 is 0 Å². The maximum Gasteiger partial charge on any atom is 0.338 e. The number of nitrogens with one attached hydrogen (secondary N) is 1. The molecule has 1 aromatic heterocycles. The van der Waals surface area contributed by atoms with Crippen molar-refractivity contribution in [3.8, 4) is 0 Å². The minimum Gasteiger partial charge on any atom is -0.457 e. The molecule has 33 heavy (non-hydrogen) atoms. The predicted molar refractivity (Wildman–Crippen MR) is 123 cm³/mol. The summed E-state index contributed by atoms with van der Waals surface area (Å²) in [5.74, 6) is -0.398. The fourth-order valence-corrected chi connectivity index (χ4v) is 5.46. The Labute approximate surface area is 194 Å².